The maximum Gasteiger partial charge on any atom is 0.344 e. The third-order valence-electron chi connectivity index (χ3n) is 4.14. The fourth-order valence-electron chi connectivity index (χ4n) is 2.75. The summed E-state index contributed by atoms with van der Waals surface area (Å²) < 4.78 is 15.7. The second kappa shape index (κ2) is 8.39. The number of ether oxygens (including phenoxy) is 2. The van der Waals surface area contributed by atoms with Gasteiger partial charge in [0.25, 0.3) is 5.91 Å². The zero-order valence-corrected chi connectivity index (χ0v) is 15.8. The second-order valence-corrected chi connectivity index (χ2v) is 6.12. The molecule has 0 saturated carbocycles. The normalized spacial score (nSPS) is 11.5. The van der Waals surface area contributed by atoms with Gasteiger partial charge in [0, 0.05) is 17.3 Å². The van der Waals surface area contributed by atoms with Crippen LogP contribution in [0, 0.1) is 13.8 Å². The Morgan fingerprint density at radius 3 is 2.46 bits per heavy atom. The lowest BCUT2D eigenvalue weighted by atomic mass is 10.1. The largest absolute Gasteiger partial charge is 0.497 e. The lowest BCUT2D eigenvalue weighted by Crippen LogP contribution is -2.26. The molecule has 1 heterocycles. The smallest absolute Gasteiger partial charge is 0.344 e. The molecule has 28 heavy (non-hydrogen) atoms. The number of methoxy groups -OCH3 is 1. The fourth-order valence-corrected chi connectivity index (χ4v) is 2.75. The zero-order chi connectivity index (χ0) is 20.1. The van der Waals surface area contributed by atoms with Crippen molar-refractivity contribution in [3.63, 3.8) is 0 Å². The molecule has 1 N–H and O–H groups in total. The third-order valence-corrected chi connectivity index (χ3v) is 4.14. The average molecular weight is 380 g/mol. The molecule has 3 rings (SSSR count). The monoisotopic (exact) mass is 380 g/mol. The van der Waals surface area contributed by atoms with Crippen LogP contribution in [0.25, 0.3) is 0 Å². The summed E-state index contributed by atoms with van der Waals surface area (Å²) in [5, 5.41) is 6.52. The minimum absolute atomic E-state index is 0.218. The van der Waals surface area contributed by atoms with Crippen molar-refractivity contribution < 1.29 is 23.6 Å². The molecule has 0 aliphatic heterocycles. The molecule has 144 valence electrons. The van der Waals surface area contributed by atoms with E-state index in [1.54, 1.807) is 69.5 Å². The Labute approximate surface area is 162 Å². The molecule has 0 radical (unpaired) electrons. The Hall–Kier alpha value is -3.61. The lowest BCUT2D eigenvalue weighted by molar-refractivity contribution is -0.125. The molecule has 0 aliphatic carbocycles. The van der Waals surface area contributed by atoms with Crippen molar-refractivity contribution >= 4 is 17.6 Å². The summed E-state index contributed by atoms with van der Waals surface area (Å²) in [6.07, 6.45) is -1.14. The van der Waals surface area contributed by atoms with Crippen LogP contribution in [0.4, 0.5) is 5.69 Å². The summed E-state index contributed by atoms with van der Waals surface area (Å²) in [6.45, 7) is 3.26. The van der Waals surface area contributed by atoms with Gasteiger partial charge in [0.1, 0.15) is 17.1 Å². The van der Waals surface area contributed by atoms with Gasteiger partial charge >= 0.3 is 5.97 Å². The Kier molecular flexibility index (Phi) is 5.74. The predicted molar refractivity (Wildman–Crippen MR) is 102 cm³/mol. The van der Waals surface area contributed by atoms with Gasteiger partial charge in [0.2, 0.25) is 6.10 Å². The van der Waals surface area contributed by atoms with Crippen molar-refractivity contribution in [2.45, 2.75) is 20.0 Å². The highest BCUT2D eigenvalue weighted by molar-refractivity contribution is 5.98. The number of carbonyl (C=O) groups is 2. The first-order valence-corrected chi connectivity index (χ1v) is 8.63. The summed E-state index contributed by atoms with van der Waals surface area (Å²) in [5.41, 5.74) is 1.69. The second-order valence-electron chi connectivity index (χ2n) is 6.12. The highest BCUT2D eigenvalue weighted by Crippen LogP contribution is 2.24. The SMILES string of the molecule is COc1cccc(NC(=O)[C@@H](OC(=O)c2c(C)noc2C)c2ccccc2)c1. The third kappa shape index (κ3) is 4.20. The Bertz CT molecular complexity index is 962. The molecule has 0 bridgehead atoms. The van der Waals surface area contributed by atoms with Crippen molar-refractivity contribution in [2.24, 2.45) is 0 Å². The van der Waals surface area contributed by atoms with E-state index in [4.69, 9.17) is 14.0 Å². The number of benzene rings is 2. The van der Waals surface area contributed by atoms with Crippen LogP contribution in [0.5, 0.6) is 5.75 Å². The molecule has 1 atom stereocenters. The molecule has 0 aliphatic rings. The predicted octanol–water partition coefficient (Wildman–Crippen LogP) is 3.84. The number of anilines is 1. The van der Waals surface area contributed by atoms with E-state index in [0.717, 1.165) is 0 Å². The molecular formula is C21H20N2O5. The molecule has 2 aromatic carbocycles. The van der Waals surface area contributed by atoms with Crippen LogP contribution in [0.15, 0.2) is 59.1 Å². The van der Waals surface area contributed by atoms with E-state index < -0.39 is 18.0 Å². The van der Waals surface area contributed by atoms with Gasteiger partial charge in [-0.2, -0.15) is 0 Å². The number of nitrogens with one attached hydrogen (secondary N) is 1. The minimum Gasteiger partial charge on any atom is -0.497 e. The minimum atomic E-state index is -1.14. The number of amides is 1. The quantitative estimate of drug-likeness (QED) is 0.654. The molecule has 7 nitrogen and oxygen atoms in total. The van der Waals surface area contributed by atoms with Crippen LogP contribution < -0.4 is 10.1 Å². The van der Waals surface area contributed by atoms with Crippen molar-refractivity contribution in [2.75, 3.05) is 12.4 Å². The summed E-state index contributed by atoms with van der Waals surface area (Å²) in [4.78, 5) is 25.6. The summed E-state index contributed by atoms with van der Waals surface area (Å²) in [7, 11) is 1.54. The first-order chi connectivity index (χ1) is 13.5. The molecule has 0 spiro atoms. The lowest BCUT2D eigenvalue weighted by Gasteiger charge is -2.18. The maximum absolute atomic E-state index is 12.9. The topological polar surface area (TPSA) is 90.7 Å². The van der Waals surface area contributed by atoms with Gasteiger partial charge < -0.3 is 19.3 Å². The highest BCUT2D eigenvalue weighted by atomic mass is 16.6. The molecule has 0 unspecified atom stereocenters. The van der Waals surface area contributed by atoms with Crippen LogP contribution in [0.2, 0.25) is 0 Å². The van der Waals surface area contributed by atoms with E-state index in [0.29, 0.717) is 28.5 Å². The number of aryl methyl sites for hydroxylation is 2. The van der Waals surface area contributed by atoms with Gasteiger partial charge in [-0.15, -0.1) is 0 Å². The van der Waals surface area contributed by atoms with Gasteiger partial charge in [-0.25, -0.2) is 4.79 Å². The standard InChI is InChI=1S/C21H20N2O5/c1-13-18(14(2)28-23-13)21(25)27-19(15-8-5-4-6-9-15)20(24)22-16-10-7-11-17(12-16)26-3/h4-12,19H,1-3H3,(H,22,24)/t19-/m0/s1. The number of rotatable bonds is 6. The van der Waals surface area contributed by atoms with Crippen molar-refractivity contribution in [3.05, 3.63) is 77.2 Å². The fraction of sp³-hybridized carbons (Fsp3) is 0.190. The molecular weight excluding hydrogens is 360 g/mol. The maximum atomic E-state index is 12.9. The van der Waals surface area contributed by atoms with Crippen LogP contribution in [0.1, 0.15) is 33.5 Å². The highest BCUT2D eigenvalue weighted by Gasteiger charge is 2.28. The molecule has 1 amide bonds. The number of nitrogens with zero attached hydrogens (tertiary/aromatic N) is 1. The Morgan fingerprint density at radius 1 is 1.07 bits per heavy atom. The zero-order valence-electron chi connectivity index (χ0n) is 15.8. The van der Waals surface area contributed by atoms with Crippen molar-refractivity contribution in [1.82, 2.24) is 5.16 Å². The number of hydrogen-bond acceptors (Lipinski definition) is 6. The summed E-state index contributed by atoms with van der Waals surface area (Å²) >= 11 is 0. The van der Waals surface area contributed by atoms with Gasteiger partial charge in [-0.3, -0.25) is 4.79 Å². The van der Waals surface area contributed by atoms with Crippen LogP contribution >= 0.6 is 0 Å². The van der Waals surface area contributed by atoms with Gasteiger partial charge in [0.05, 0.1) is 12.8 Å². The number of esters is 1. The first-order valence-electron chi connectivity index (χ1n) is 8.63. The van der Waals surface area contributed by atoms with E-state index >= 15 is 0 Å². The van der Waals surface area contributed by atoms with E-state index in [1.807, 2.05) is 6.07 Å². The number of aromatic nitrogens is 1. The van der Waals surface area contributed by atoms with Crippen LogP contribution in [-0.4, -0.2) is 24.1 Å². The van der Waals surface area contributed by atoms with Crippen molar-refractivity contribution in [1.29, 1.82) is 0 Å². The molecule has 3 aromatic rings. The molecule has 7 heteroatoms. The van der Waals surface area contributed by atoms with Gasteiger partial charge in [-0.05, 0) is 26.0 Å². The molecule has 0 fully saturated rings. The van der Waals surface area contributed by atoms with Crippen LogP contribution in [0.3, 0.4) is 0 Å². The first kappa shape index (κ1) is 19.2. The van der Waals surface area contributed by atoms with E-state index in [9.17, 15) is 9.59 Å². The summed E-state index contributed by atoms with van der Waals surface area (Å²) in [6, 6.07) is 15.7. The van der Waals surface area contributed by atoms with E-state index in [1.165, 1.54) is 0 Å². The summed E-state index contributed by atoms with van der Waals surface area (Å²) in [5.74, 6) is -0.227. The van der Waals surface area contributed by atoms with Gasteiger partial charge in [-0.1, -0.05) is 41.6 Å². The van der Waals surface area contributed by atoms with E-state index in [2.05, 4.69) is 10.5 Å². The van der Waals surface area contributed by atoms with Crippen molar-refractivity contribution in [3.8, 4) is 5.75 Å². The Morgan fingerprint density at radius 2 is 1.82 bits per heavy atom. The average Bonchev–Trinajstić information content (AvgIpc) is 3.05. The van der Waals surface area contributed by atoms with E-state index in [-0.39, 0.29) is 5.56 Å². The van der Waals surface area contributed by atoms with Crippen LogP contribution in [-0.2, 0) is 9.53 Å². The molecule has 0 saturated heterocycles. The number of carbonyl (C=O) groups excluding carboxylic acids is 2. The Balaban J connectivity index is 1.87. The van der Waals surface area contributed by atoms with Gasteiger partial charge in [0.15, 0.2) is 0 Å². The number of hydrogen-bond donors (Lipinski definition) is 1. The molecule has 1 aromatic heterocycles.